The van der Waals surface area contributed by atoms with Gasteiger partial charge in [-0.05, 0) is 57.7 Å². The maximum Gasteiger partial charge on any atom is 0.166 e. The molecule has 4 rings (SSSR count). The van der Waals surface area contributed by atoms with Crippen LogP contribution >= 0.6 is 0 Å². The molecule has 1 aromatic heterocycles. The Balaban J connectivity index is 1.61. The second-order valence-electron chi connectivity index (χ2n) is 7.06. The van der Waals surface area contributed by atoms with Crippen molar-refractivity contribution in [1.29, 1.82) is 0 Å². The van der Waals surface area contributed by atoms with Gasteiger partial charge in [-0.2, -0.15) is 5.10 Å². The van der Waals surface area contributed by atoms with Gasteiger partial charge in [0.15, 0.2) is 5.78 Å². The summed E-state index contributed by atoms with van der Waals surface area (Å²) in [5.74, 6) is 0.469. The Bertz CT molecular complexity index is 737. The number of fused-ring (bicyclic) bond motifs is 2. The van der Waals surface area contributed by atoms with Gasteiger partial charge in [-0.3, -0.25) is 4.79 Å². The van der Waals surface area contributed by atoms with Gasteiger partial charge >= 0.3 is 0 Å². The first-order chi connectivity index (χ1) is 11.1. The van der Waals surface area contributed by atoms with Crippen molar-refractivity contribution in [2.24, 2.45) is 5.92 Å². The summed E-state index contributed by atoms with van der Waals surface area (Å²) in [5, 5.41) is 8.13. The molecule has 4 nitrogen and oxygen atoms in total. The molecule has 120 valence electrons. The van der Waals surface area contributed by atoms with Gasteiger partial charge in [-0.25, -0.2) is 4.68 Å². The molecule has 2 aliphatic rings. The number of benzene rings is 1. The van der Waals surface area contributed by atoms with Crippen molar-refractivity contribution in [3.05, 3.63) is 47.3 Å². The van der Waals surface area contributed by atoms with Crippen molar-refractivity contribution in [3.63, 3.8) is 0 Å². The lowest BCUT2D eigenvalue weighted by molar-refractivity contribution is 0.0875. The Hall–Kier alpha value is -1.94. The monoisotopic (exact) mass is 309 g/mol. The molecule has 2 atom stereocenters. The maximum atomic E-state index is 12.9. The second-order valence-corrected chi connectivity index (χ2v) is 7.06. The molecule has 23 heavy (non-hydrogen) atoms. The third-order valence-corrected chi connectivity index (χ3v) is 5.23. The van der Waals surface area contributed by atoms with E-state index in [1.807, 2.05) is 42.8 Å². The standard InChI is InChI=1S/C19H23N3O/c1-12-8-13(2)22(21-12)18-5-3-4-14(11-18)19(23)15-9-16-6-7-17(10-15)20-16/h3-5,8,11,15-17,20H,6-7,9-10H2,1-2H3. The Labute approximate surface area is 136 Å². The number of ketones is 1. The van der Waals surface area contributed by atoms with Crippen LogP contribution in [0.5, 0.6) is 0 Å². The molecule has 0 amide bonds. The fraction of sp³-hybridized carbons (Fsp3) is 0.474. The Morgan fingerprint density at radius 3 is 2.57 bits per heavy atom. The van der Waals surface area contributed by atoms with E-state index in [0.29, 0.717) is 17.9 Å². The number of aryl methyl sites for hydroxylation is 2. The first kappa shape index (κ1) is 14.6. The molecule has 3 heterocycles. The number of piperidine rings is 1. The predicted octanol–water partition coefficient (Wildman–Crippen LogP) is 3.20. The molecule has 0 spiro atoms. The first-order valence-electron chi connectivity index (χ1n) is 8.54. The zero-order chi connectivity index (χ0) is 16.0. The van der Waals surface area contributed by atoms with Crippen LogP contribution in [0.15, 0.2) is 30.3 Å². The average Bonchev–Trinajstić information content (AvgIpc) is 3.07. The Kier molecular flexibility index (Phi) is 3.57. The van der Waals surface area contributed by atoms with Gasteiger partial charge in [0.25, 0.3) is 0 Å². The molecule has 2 aromatic rings. The van der Waals surface area contributed by atoms with E-state index in [1.165, 1.54) is 12.8 Å². The van der Waals surface area contributed by atoms with Crippen molar-refractivity contribution < 1.29 is 4.79 Å². The summed E-state index contributed by atoms with van der Waals surface area (Å²) in [6, 6.07) is 11.1. The lowest BCUT2D eigenvalue weighted by atomic mass is 9.86. The zero-order valence-electron chi connectivity index (χ0n) is 13.7. The number of carbonyl (C=O) groups excluding carboxylic acids is 1. The van der Waals surface area contributed by atoms with E-state index in [2.05, 4.69) is 16.5 Å². The van der Waals surface area contributed by atoms with Crippen molar-refractivity contribution in [2.45, 2.75) is 51.6 Å². The molecule has 2 unspecified atom stereocenters. The quantitative estimate of drug-likeness (QED) is 0.886. The largest absolute Gasteiger partial charge is 0.311 e. The van der Waals surface area contributed by atoms with Crippen molar-refractivity contribution in [3.8, 4) is 5.69 Å². The van der Waals surface area contributed by atoms with Crippen LogP contribution in [0.3, 0.4) is 0 Å². The maximum absolute atomic E-state index is 12.9. The predicted molar refractivity (Wildman–Crippen MR) is 90.0 cm³/mol. The summed E-state index contributed by atoms with van der Waals surface area (Å²) in [7, 11) is 0. The van der Waals surface area contributed by atoms with E-state index in [-0.39, 0.29) is 5.92 Å². The van der Waals surface area contributed by atoms with Crippen LogP contribution < -0.4 is 5.32 Å². The van der Waals surface area contributed by atoms with Gasteiger partial charge in [0.1, 0.15) is 0 Å². The number of hydrogen-bond donors (Lipinski definition) is 1. The lowest BCUT2D eigenvalue weighted by Crippen LogP contribution is -2.40. The van der Waals surface area contributed by atoms with Crippen LogP contribution in [0.4, 0.5) is 0 Å². The number of nitrogens with one attached hydrogen (secondary N) is 1. The van der Waals surface area contributed by atoms with Gasteiger partial charge in [-0.1, -0.05) is 12.1 Å². The molecular formula is C19H23N3O. The van der Waals surface area contributed by atoms with E-state index in [4.69, 9.17) is 0 Å². The summed E-state index contributed by atoms with van der Waals surface area (Å²) in [6.07, 6.45) is 4.42. The average molecular weight is 309 g/mol. The molecule has 1 N–H and O–H groups in total. The minimum atomic E-state index is 0.171. The SMILES string of the molecule is Cc1cc(C)n(-c2cccc(C(=O)C3CC4CCC(C3)N4)c2)n1. The Morgan fingerprint density at radius 2 is 1.91 bits per heavy atom. The molecule has 2 fully saturated rings. The number of nitrogens with zero attached hydrogens (tertiary/aromatic N) is 2. The molecule has 2 bridgehead atoms. The van der Waals surface area contributed by atoms with Gasteiger partial charge in [-0.15, -0.1) is 0 Å². The van der Waals surface area contributed by atoms with Gasteiger partial charge in [0.2, 0.25) is 0 Å². The number of hydrogen-bond acceptors (Lipinski definition) is 3. The third-order valence-electron chi connectivity index (χ3n) is 5.23. The van der Waals surface area contributed by atoms with Crippen LogP contribution in [0.25, 0.3) is 5.69 Å². The molecule has 2 aliphatic heterocycles. The summed E-state index contributed by atoms with van der Waals surface area (Å²) in [6.45, 7) is 4.03. The first-order valence-corrected chi connectivity index (χ1v) is 8.54. The highest BCUT2D eigenvalue weighted by Crippen LogP contribution is 2.33. The Morgan fingerprint density at radius 1 is 1.17 bits per heavy atom. The summed E-state index contributed by atoms with van der Waals surface area (Å²) < 4.78 is 1.91. The number of carbonyl (C=O) groups is 1. The molecule has 2 saturated heterocycles. The topological polar surface area (TPSA) is 46.9 Å². The van der Waals surface area contributed by atoms with Crippen molar-refractivity contribution >= 4 is 5.78 Å². The van der Waals surface area contributed by atoms with Crippen LogP contribution in [0.1, 0.15) is 47.4 Å². The minimum Gasteiger partial charge on any atom is -0.311 e. The van der Waals surface area contributed by atoms with Crippen LogP contribution in [-0.2, 0) is 0 Å². The highest BCUT2D eigenvalue weighted by Gasteiger charge is 2.36. The van der Waals surface area contributed by atoms with Crippen molar-refractivity contribution in [2.75, 3.05) is 0 Å². The van der Waals surface area contributed by atoms with E-state index < -0.39 is 0 Å². The molecule has 0 radical (unpaired) electrons. The van der Waals surface area contributed by atoms with Crippen LogP contribution in [0.2, 0.25) is 0 Å². The molecule has 0 saturated carbocycles. The van der Waals surface area contributed by atoms with Crippen molar-refractivity contribution in [1.82, 2.24) is 15.1 Å². The molecular weight excluding hydrogens is 286 g/mol. The van der Waals surface area contributed by atoms with E-state index in [0.717, 1.165) is 35.5 Å². The summed E-state index contributed by atoms with van der Waals surface area (Å²) in [4.78, 5) is 12.9. The highest BCUT2D eigenvalue weighted by molar-refractivity contribution is 5.98. The number of aromatic nitrogens is 2. The number of rotatable bonds is 3. The second kappa shape index (κ2) is 5.60. The summed E-state index contributed by atoms with van der Waals surface area (Å²) in [5.41, 5.74) is 3.88. The fourth-order valence-electron chi connectivity index (χ4n) is 4.19. The van der Waals surface area contributed by atoms with Crippen LogP contribution in [0, 0.1) is 19.8 Å². The third kappa shape index (κ3) is 2.72. The lowest BCUT2D eigenvalue weighted by Gasteiger charge is -2.28. The fourth-order valence-corrected chi connectivity index (χ4v) is 4.19. The van der Waals surface area contributed by atoms with Gasteiger partial charge < -0.3 is 5.32 Å². The van der Waals surface area contributed by atoms with Gasteiger partial charge in [0.05, 0.1) is 11.4 Å². The van der Waals surface area contributed by atoms with E-state index in [1.54, 1.807) is 0 Å². The highest BCUT2D eigenvalue weighted by atomic mass is 16.1. The summed E-state index contributed by atoms with van der Waals surface area (Å²) >= 11 is 0. The number of Topliss-reactive ketones (excluding diaryl/α,β-unsaturated/α-hetero) is 1. The smallest absolute Gasteiger partial charge is 0.166 e. The van der Waals surface area contributed by atoms with Crippen LogP contribution in [-0.4, -0.2) is 27.6 Å². The minimum absolute atomic E-state index is 0.171. The molecule has 0 aliphatic carbocycles. The van der Waals surface area contributed by atoms with E-state index >= 15 is 0 Å². The normalized spacial score (nSPS) is 26.4. The van der Waals surface area contributed by atoms with Gasteiger partial charge in [0, 0.05) is 29.3 Å². The zero-order valence-corrected chi connectivity index (χ0v) is 13.7. The molecule has 1 aromatic carbocycles. The van der Waals surface area contributed by atoms with E-state index in [9.17, 15) is 4.79 Å². The molecule has 4 heteroatoms.